The van der Waals surface area contributed by atoms with E-state index in [-0.39, 0.29) is 36.2 Å². The zero-order valence-corrected chi connectivity index (χ0v) is 25.6. The van der Waals surface area contributed by atoms with Gasteiger partial charge in [-0.2, -0.15) is 13.2 Å². The third kappa shape index (κ3) is 8.05. The Bertz CT molecular complexity index is 1490. The molecule has 5 rings (SSSR count). The average Bonchev–Trinajstić information content (AvgIpc) is 3.38. The van der Waals surface area contributed by atoms with Gasteiger partial charge in [-0.25, -0.2) is 0 Å². The molecule has 11 heteroatoms. The van der Waals surface area contributed by atoms with Gasteiger partial charge in [-0.1, -0.05) is 31.0 Å². The summed E-state index contributed by atoms with van der Waals surface area (Å²) >= 11 is 0. The molecule has 1 aromatic heterocycles. The summed E-state index contributed by atoms with van der Waals surface area (Å²) in [5, 5.41) is 11.1. The number of aryl methyl sites for hydroxylation is 1. The van der Waals surface area contributed by atoms with E-state index in [1.165, 1.54) is 18.9 Å². The van der Waals surface area contributed by atoms with Crippen LogP contribution in [0.3, 0.4) is 0 Å². The average molecular weight is 609 g/mol. The Morgan fingerprint density at radius 3 is 2.48 bits per heavy atom. The summed E-state index contributed by atoms with van der Waals surface area (Å²) in [4.78, 5) is 26.9. The van der Waals surface area contributed by atoms with Crippen molar-refractivity contribution < 1.29 is 22.8 Å². The van der Waals surface area contributed by atoms with Gasteiger partial charge in [0.2, 0.25) is 0 Å². The van der Waals surface area contributed by atoms with E-state index < -0.39 is 11.7 Å². The number of hydrogen-bond acceptors (Lipinski definition) is 6. The number of aldehydes is 1. The molecule has 1 aliphatic carbocycles. The van der Waals surface area contributed by atoms with Crippen LogP contribution in [-0.2, 0) is 31.1 Å². The number of para-hydroxylation sites is 1. The molecule has 2 aliphatic rings. The number of nitrogens with zero attached hydrogens (tertiary/aromatic N) is 5. The minimum Gasteiger partial charge on any atom is -0.370 e. The summed E-state index contributed by atoms with van der Waals surface area (Å²) in [6.07, 6.45) is 1.03. The Hall–Kier alpha value is -4.17. The third-order valence-electron chi connectivity index (χ3n) is 8.20. The molecule has 3 aromatic rings. The lowest BCUT2D eigenvalue weighted by molar-refractivity contribution is -0.138. The monoisotopic (exact) mass is 608 g/mol. The topological polar surface area (TPSA) is 83.4 Å². The van der Waals surface area contributed by atoms with E-state index in [2.05, 4.69) is 34.3 Å². The minimum absolute atomic E-state index is 0.0167. The molecule has 1 N–H and O–H groups in total. The SMILES string of the molecule is CC#CC(=O)N1CCC1CNCc1cc(C=O)c(CN(C)c2ccccc2)c(C(F)(F)F)c1.CC1CC(c2nncn2C)C1. The molecule has 0 spiro atoms. The van der Waals surface area contributed by atoms with Gasteiger partial charge in [0.25, 0.3) is 5.91 Å². The fourth-order valence-electron chi connectivity index (χ4n) is 5.66. The van der Waals surface area contributed by atoms with Gasteiger partial charge in [-0.15, -0.1) is 10.2 Å². The Labute approximate surface area is 256 Å². The van der Waals surface area contributed by atoms with E-state index in [9.17, 15) is 22.8 Å². The predicted molar refractivity (Wildman–Crippen MR) is 163 cm³/mol. The molecule has 1 unspecified atom stereocenters. The molecule has 1 saturated carbocycles. The van der Waals surface area contributed by atoms with Crippen LogP contribution in [0.5, 0.6) is 0 Å². The van der Waals surface area contributed by atoms with Crippen molar-refractivity contribution in [2.75, 3.05) is 25.0 Å². The van der Waals surface area contributed by atoms with Crippen molar-refractivity contribution in [3.63, 3.8) is 0 Å². The van der Waals surface area contributed by atoms with Gasteiger partial charge in [-0.05, 0) is 73.4 Å². The number of halogens is 3. The first-order valence-corrected chi connectivity index (χ1v) is 14.7. The fraction of sp³-hybridized carbons (Fsp3) is 0.455. The maximum atomic E-state index is 13.9. The second-order valence-electron chi connectivity index (χ2n) is 11.5. The zero-order valence-electron chi connectivity index (χ0n) is 25.6. The molecule has 44 heavy (non-hydrogen) atoms. The van der Waals surface area contributed by atoms with Gasteiger partial charge >= 0.3 is 6.18 Å². The number of carbonyl (C=O) groups excluding carboxylic acids is 2. The summed E-state index contributed by atoms with van der Waals surface area (Å²) in [7, 11) is 3.70. The van der Waals surface area contributed by atoms with Gasteiger partial charge in [0.1, 0.15) is 18.4 Å². The molecule has 234 valence electrons. The summed E-state index contributed by atoms with van der Waals surface area (Å²) in [6.45, 7) is 5.03. The number of amides is 1. The van der Waals surface area contributed by atoms with Crippen LogP contribution in [0.4, 0.5) is 18.9 Å². The number of alkyl halides is 3. The molecule has 0 radical (unpaired) electrons. The Morgan fingerprint density at radius 1 is 1.20 bits per heavy atom. The highest BCUT2D eigenvalue weighted by molar-refractivity contribution is 5.94. The predicted octanol–water partition coefficient (Wildman–Crippen LogP) is 5.20. The van der Waals surface area contributed by atoms with Crippen molar-refractivity contribution in [3.8, 4) is 11.8 Å². The quantitative estimate of drug-likeness (QED) is 0.266. The largest absolute Gasteiger partial charge is 0.416 e. The molecule has 2 heterocycles. The number of rotatable bonds is 9. The maximum absolute atomic E-state index is 13.9. The van der Waals surface area contributed by atoms with Crippen LogP contribution < -0.4 is 10.2 Å². The summed E-state index contributed by atoms with van der Waals surface area (Å²) in [5.74, 6) is 7.55. The molecule has 1 aliphatic heterocycles. The Balaban J connectivity index is 0.000000333. The Morgan fingerprint density at radius 2 is 1.93 bits per heavy atom. The lowest BCUT2D eigenvalue weighted by Gasteiger charge is -2.39. The molecule has 1 amide bonds. The molecule has 2 fully saturated rings. The van der Waals surface area contributed by atoms with Gasteiger partial charge < -0.3 is 19.7 Å². The van der Waals surface area contributed by atoms with Crippen molar-refractivity contribution in [1.82, 2.24) is 25.0 Å². The van der Waals surface area contributed by atoms with E-state index in [4.69, 9.17) is 0 Å². The number of aromatic nitrogens is 3. The minimum atomic E-state index is -4.60. The van der Waals surface area contributed by atoms with E-state index in [1.807, 2.05) is 17.7 Å². The van der Waals surface area contributed by atoms with Gasteiger partial charge in [0, 0.05) is 63.5 Å². The number of benzene rings is 2. The molecule has 1 atom stereocenters. The number of carbonyl (C=O) groups is 2. The molecule has 0 bridgehead atoms. The third-order valence-corrected chi connectivity index (χ3v) is 8.20. The first-order chi connectivity index (χ1) is 21.0. The van der Waals surface area contributed by atoms with Crippen LogP contribution in [0.15, 0.2) is 48.8 Å². The fourth-order valence-corrected chi connectivity index (χ4v) is 5.66. The van der Waals surface area contributed by atoms with E-state index in [0.29, 0.717) is 30.9 Å². The van der Waals surface area contributed by atoms with Crippen molar-refractivity contribution in [2.45, 2.75) is 64.3 Å². The second kappa shape index (κ2) is 14.5. The highest BCUT2D eigenvalue weighted by atomic mass is 19.4. The van der Waals surface area contributed by atoms with Crippen LogP contribution >= 0.6 is 0 Å². The lowest BCUT2D eigenvalue weighted by Crippen LogP contribution is -2.54. The highest BCUT2D eigenvalue weighted by Gasteiger charge is 2.36. The molecular formula is C33H39F3N6O2. The highest BCUT2D eigenvalue weighted by Crippen LogP contribution is 2.40. The normalized spacial score (nSPS) is 19.0. The zero-order chi connectivity index (χ0) is 31.9. The molecule has 2 aromatic carbocycles. The van der Waals surface area contributed by atoms with E-state index in [1.54, 1.807) is 54.4 Å². The summed E-state index contributed by atoms with van der Waals surface area (Å²) in [6, 6.07) is 11.6. The summed E-state index contributed by atoms with van der Waals surface area (Å²) < 4.78 is 43.8. The molecule has 1 saturated heterocycles. The Kier molecular flexibility index (Phi) is 10.8. The first kappa shape index (κ1) is 32.7. The number of likely N-dealkylation sites (tertiary alicyclic amines) is 1. The van der Waals surface area contributed by atoms with Crippen molar-refractivity contribution in [3.05, 3.63) is 76.9 Å². The molecular weight excluding hydrogens is 569 g/mol. The van der Waals surface area contributed by atoms with Crippen molar-refractivity contribution in [2.24, 2.45) is 13.0 Å². The van der Waals surface area contributed by atoms with Crippen molar-refractivity contribution in [1.29, 1.82) is 0 Å². The van der Waals surface area contributed by atoms with E-state index >= 15 is 0 Å². The number of hydrogen-bond donors (Lipinski definition) is 1. The maximum Gasteiger partial charge on any atom is 0.416 e. The van der Waals surface area contributed by atoms with Crippen molar-refractivity contribution >= 4 is 17.9 Å². The van der Waals surface area contributed by atoms with Gasteiger partial charge in [-0.3, -0.25) is 9.59 Å². The standard InChI is InChI=1S/C25H26F3N3O2.C8H13N3/c1-3-7-24(33)31-11-10-21(31)15-29-14-18-12-19(17-32)22(23(13-18)25(26,27)28)16-30(2)20-8-5-4-6-9-20;1-6-3-7(4-6)8-10-9-5-11(8)2/h4-6,8-9,12-13,17,21,29H,10-11,14-16H2,1-2H3;5-7H,3-4H2,1-2H3. The lowest BCUT2D eigenvalue weighted by atomic mass is 9.76. The van der Waals surface area contributed by atoms with Gasteiger partial charge in [0.15, 0.2) is 0 Å². The van der Waals surface area contributed by atoms with Crippen LogP contribution in [0.25, 0.3) is 0 Å². The van der Waals surface area contributed by atoms with Crippen LogP contribution in [0, 0.1) is 17.8 Å². The van der Waals surface area contributed by atoms with Gasteiger partial charge in [0.05, 0.1) is 5.56 Å². The molecule has 8 nitrogen and oxygen atoms in total. The van der Waals surface area contributed by atoms with Crippen LogP contribution in [-0.4, -0.2) is 58.0 Å². The van der Waals surface area contributed by atoms with Crippen LogP contribution in [0.2, 0.25) is 0 Å². The number of anilines is 1. The second-order valence-corrected chi connectivity index (χ2v) is 11.5. The smallest absolute Gasteiger partial charge is 0.370 e. The first-order valence-electron chi connectivity index (χ1n) is 14.7. The van der Waals surface area contributed by atoms with Crippen LogP contribution in [0.1, 0.15) is 71.9 Å². The number of nitrogens with one attached hydrogen (secondary N) is 1. The van der Waals surface area contributed by atoms with E-state index in [0.717, 1.165) is 29.9 Å². The summed E-state index contributed by atoms with van der Waals surface area (Å²) in [5.41, 5.74) is 0.261.